The van der Waals surface area contributed by atoms with Gasteiger partial charge >= 0.3 is 20.3 Å². The zero-order chi connectivity index (χ0) is 15.4. The van der Waals surface area contributed by atoms with E-state index in [0.29, 0.717) is 6.42 Å². The third-order valence-electron chi connectivity index (χ3n) is 2.79. The normalized spacial score (nSPS) is 13.2. The number of hydrogen-bond donors (Lipinski definition) is 4. The molecule has 0 aliphatic heterocycles. The van der Waals surface area contributed by atoms with Gasteiger partial charge in [-0.15, -0.1) is 0 Å². The maximum Gasteiger partial charge on any atom is 0.381 e. The molecule has 0 aliphatic rings. The SMILES string of the molecule is CCCCC(Oc1ccccc1)(P(=O)(O)O)P(=O)(O)O. The van der Waals surface area contributed by atoms with Crippen LogP contribution >= 0.6 is 15.2 Å². The van der Waals surface area contributed by atoms with E-state index >= 15 is 0 Å². The third-order valence-corrected chi connectivity index (χ3v) is 6.80. The van der Waals surface area contributed by atoms with Crippen LogP contribution < -0.4 is 4.74 Å². The molecule has 0 unspecified atom stereocenters. The summed E-state index contributed by atoms with van der Waals surface area (Å²) in [5, 5.41) is -2.84. The molecule has 1 rings (SSSR count). The lowest BCUT2D eigenvalue weighted by Crippen LogP contribution is -2.36. The lowest BCUT2D eigenvalue weighted by Gasteiger charge is -2.34. The molecule has 0 saturated heterocycles. The molecule has 0 saturated carbocycles. The Morgan fingerprint density at radius 3 is 1.95 bits per heavy atom. The molecule has 0 aliphatic carbocycles. The van der Waals surface area contributed by atoms with E-state index in [1.54, 1.807) is 25.1 Å². The first-order chi connectivity index (χ1) is 9.14. The number of para-hydroxylation sites is 1. The highest BCUT2D eigenvalue weighted by Crippen LogP contribution is 2.71. The van der Waals surface area contributed by atoms with Crippen molar-refractivity contribution in [3.05, 3.63) is 30.3 Å². The zero-order valence-corrected chi connectivity index (χ0v) is 12.7. The van der Waals surface area contributed by atoms with E-state index in [9.17, 15) is 28.7 Å². The zero-order valence-electron chi connectivity index (χ0n) is 10.9. The summed E-state index contributed by atoms with van der Waals surface area (Å²) in [7, 11) is -10.4. The highest BCUT2D eigenvalue weighted by atomic mass is 31.2. The summed E-state index contributed by atoms with van der Waals surface area (Å²) in [6.45, 7) is 1.74. The molecule has 0 amide bonds. The van der Waals surface area contributed by atoms with Gasteiger partial charge in [-0.25, -0.2) is 0 Å². The lowest BCUT2D eigenvalue weighted by molar-refractivity contribution is 0.142. The van der Waals surface area contributed by atoms with E-state index in [4.69, 9.17) is 4.74 Å². The molecule has 7 nitrogen and oxygen atoms in total. The van der Waals surface area contributed by atoms with Crippen molar-refractivity contribution < 1.29 is 33.4 Å². The van der Waals surface area contributed by atoms with Gasteiger partial charge < -0.3 is 24.3 Å². The number of rotatable bonds is 7. The summed E-state index contributed by atoms with van der Waals surface area (Å²) < 4.78 is 28.5. The van der Waals surface area contributed by atoms with Gasteiger partial charge in [-0.05, 0) is 18.6 Å². The molecule has 4 N–H and O–H groups in total. The monoisotopic (exact) mass is 324 g/mol. The van der Waals surface area contributed by atoms with Crippen molar-refractivity contribution >= 4 is 15.2 Å². The van der Waals surface area contributed by atoms with E-state index in [0.717, 1.165) is 0 Å². The van der Waals surface area contributed by atoms with Crippen LogP contribution in [0, 0.1) is 0 Å². The molecular formula is C11H18O7P2. The highest BCUT2D eigenvalue weighted by Gasteiger charge is 2.62. The van der Waals surface area contributed by atoms with Gasteiger partial charge in [-0.1, -0.05) is 31.5 Å². The summed E-state index contributed by atoms with van der Waals surface area (Å²) in [5.41, 5.74) is 0. The van der Waals surface area contributed by atoms with Crippen LogP contribution in [-0.4, -0.2) is 24.7 Å². The molecule has 0 aromatic heterocycles. The van der Waals surface area contributed by atoms with Gasteiger partial charge in [0.1, 0.15) is 5.75 Å². The average Bonchev–Trinajstić information content (AvgIpc) is 2.32. The van der Waals surface area contributed by atoms with Crippen LogP contribution in [0.25, 0.3) is 0 Å². The fourth-order valence-electron chi connectivity index (χ4n) is 1.72. The Balaban J connectivity index is 3.30. The Morgan fingerprint density at radius 1 is 1.05 bits per heavy atom. The Kier molecular flexibility index (Phi) is 5.55. The van der Waals surface area contributed by atoms with E-state index in [1.807, 2.05) is 0 Å². The number of ether oxygens (including phenoxy) is 1. The smallest absolute Gasteiger partial charge is 0.381 e. The van der Waals surface area contributed by atoms with E-state index in [2.05, 4.69) is 0 Å². The minimum Gasteiger partial charge on any atom is -0.462 e. The molecule has 0 spiro atoms. The van der Waals surface area contributed by atoms with E-state index < -0.39 is 26.7 Å². The van der Waals surface area contributed by atoms with Gasteiger partial charge in [0.2, 0.25) is 0 Å². The topological polar surface area (TPSA) is 124 Å². The van der Waals surface area contributed by atoms with Crippen molar-refractivity contribution in [2.24, 2.45) is 0 Å². The summed E-state index contributed by atoms with van der Waals surface area (Å²) >= 11 is 0. The molecule has 1 aromatic carbocycles. The first-order valence-corrected chi connectivity index (χ1v) is 9.22. The second-order valence-electron chi connectivity index (χ2n) is 4.35. The minimum atomic E-state index is -5.21. The van der Waals surface area contributed by atoms with Crippen LogP contribution in [0.3, 0.4) is 0 Å². The minimum absolute atomic E-state index is 0.00440. The quantitative estimate of drug-likeness (QED) is 0.567. The van der Waals surface area contributed by atoms with E-state index in [1.165, 1.54) is 12.1 Å². The van der Waals surface area contributed by atoms with Crippen LogP contribution in [-0.2, 0) is 9.13 Å². The van der Waals surface area contributed by atoms with Crippen molar-refractivity contribution in [2.45, 2.75) is 31.3 Å². The predicted octanol–water partition coefficient (Wildman–Crippen LogP) is 2.26. The van der Waals surface area contributed by atoms with Crippen LogP contribution in [0.2, 0.25) is 0 Å². The van der Waals surface area contributed by atoms with Gasteiger partial charge in [0.15, 0.2) is 0 Å². The van der Waals surface area contributed by atoms with Crippen LogP contribution in [0.4, 0.5) is 0 Å². The van der Waals surface area contributed by atoms with E-state index in [-0.39, 0.29) is 12.2 Å². The van der Waals surface area contributed by atoms with Crippen LogP contribution in [0.5, 0.6) is 5.75 Å². The molecule has 0 bridgehead atoms. The number of unbranched alkanes of at least 4 members (excludes halogenated alkanes) is 1. The Bertz CT molecular complexity index is 497. The molecule has 114 valence electrons. The van der Waals surface area contributed by atoms with Crippen LogP contribution in [0.15, 0.2) is 30.3 Å². The average molecular weight is 324 g/mol. The number of benzene rings is 1. The first kappa shape index (κ1) is 17.4. The maximum absolute atomic E-state index is 11.7. The number of hydrogen-bond acceptors (Lipinski definition) is 3. The van der Waals surface area contributed by atoms with Crippen molar-refractivity contribution in [1.82, 2.24) is 0 Å². The molecule has 0 atom stereocenters. The largest absolute Gasteiger partial charge is 0.462 e. The van der Waals surface area contributed by atoms with Gasteiger partial charge in [-0.2, -0.15) is 0 Å². The second kappa shape index (κ2) is 6.39. The Labute approximate surface area is 116 Å². The molecule has 9 heteroatoms. The molecule has 20 heavy (non-hydrogen) atoms. The predicted molar refractivity (Wildman–Crippen MR) is 73.4 cm³/mol. The molecule has 0 fully saturated rings. The Morgan fingerprint density at radius 2 is 1.55 bits per heavy atom. The van der Waals surface area contributed by atoms with Gasteiger partial charge in [-0.3, -0.25) is 9.13 Å². The lowest BCUT2D eigenvalue weighted by atomic mass is 10.2. The Hall–Kier alpha value is -0.680. The molecule has 0 heterocycles. The van der Waals surface area contributed by atoms with Crippen LogP contribution in [0.1, 0.15) is 26.2 Å². The second-order valence-corrected chi connectivity index (χ2v) is 8.32. The van der Waals surface area contributed by atoms with Crippen molar-refractivity contribution in [3.63, 3.8) is 0 Å². The molecular weight excluding hydrogens is 306 g/mol. The molecule has 1 aromatic rings. The summed E-state index contributed by atoms with van der Waals surface area (Å²) in [5.74, 6) is -0.00440. The van der Waals surface area contributed by atoms with Crippen molar-refractivity contribution in [2.75, 3.05) is 0 Å². The van der Waals surface area contributed by atoms with Crippen molar-refractivity contribution in [1.29, 1.82) is 0 Å². The van der Waals surface area contributed by atoms with Gasteiger partial charge in [0.25, 0.3) is 0 Å². The highest BCUT2D eigenvalue weighted by molar-refractivity contribution is 7.72. The standard InChI is InChI=1S/C11H18O7P2/c1-2-3-9-11(19(12,13)14,20(15,16)17)18-10-7-5-4-6-8-10/h4-8H,2-3,9H2,1H3,(H2,12,13,14)(H2,15,16,17). The summed E-state index contributed by atoms with van der Waals surface area (Å²) in [6.07, 6.45) is 0.288. The molecule has 0 radical (unpaired) electrons. The summed E-state index contributed by atoms with van der Waals surface area (Å²) in [4.78, 5) is 37.8. The fraction of sp³-hybridized carbons (Fsp3) is 0.455. The fourth-order valence-corrected chi connectivity index (χ4v) is 4.42. The first-order valence-electron chi connectivity index (χ1n) is 5.99. The summed E-state index contributed by atoms with van der Waals surface area (Å²) in [6, 6.07) is 7.49. The maximum atomic E-state index is 11.7. The van der Waals surface area contributed by atoms with Gasteiger partial charge in [0, 0.05) is 6.42 Å². The van der Waals surface area contributed by atoms with Gasteiger partial charge in [0.05, 0.1) is 0 Å². The third kappa shape index (κ3) is 3.70. The van der Waals surface area contributed by atoms with Crippen molar-refractivity contribution in [3.8, 4) is 5.75 Å².